The molecule has 0 radical (unpaired) electrons. The van der Waals surface area contributed by atoms with E-state index < -0.39 is 47.6 Å². The zero-order valence-electron chi connectivity index (χ0n) is 22.3. The first-order chi connectivity index (χ1) is 18.8. The highest BCUT2D eigenvalue weighted by atomic mass is 35.5. The fourth-order valence-corrected chi connectivity index (χ4v) is 6.01. The van der Waals surface area contributed by atoms with E-state index in [1.54, 1.807) is 18.2 Å². The molecule has 5 N–H and O–H groups in total. The van der Waals surface area contributed by atoms with Crippen molar-refractivity contribution in [3.8, 4) is 0 Å². The quantitative estimate of drug-likeness (QED) is 0.259. The minimum absolute atomic E-state index is 0.0356. The summed E-state index contributed by atoms with van der Waals surface area (Å²) in [5.41, 5.74) is 6.00. The van der Waals surface area contributed by atoms with Gasteiger partial charge in [-0.3, -0.25) is 9.78 Å². The van der Waals surface area contributed by atoms with Crippen molar-refractivity contribution in [3.05, 3.63) is 87.3 Å². The van der Waals surface area contributed by atoms with Gasteiger partial charge in [0.15, 0.2) is 5.82 Å². The molecule has 40 heavy (non-hydrogen) atoms. The number of carbonyl (C=O) groups excluding carboxylic acids is 1. The van der Waals surface area contributed by atoms with Crippen molar-refractivity contribution in [1.82, 2.24) is 9.97 Å². The van der Waals surface area contributed by atoms with E-state index in [1.807, 2.05) is 0 Å². The van der Waals surface area contributed by atoms with Gasteiger partial charge in [0.25, 0.3) is 0 Å². The molecule has 0 aliphatic heterocycles. The van der Waals surface area contributed by atoms with Gasteiger partial charge in [-0.25, -0.2) is 13.8 Å². The second-order valence-electron chi connectivity index (χ2n) is 11.5. The molecule has 4 rings (SSSR count). The van der Waals surface area contributed by atoms with Crippen LogP contribution in [-0.2, 0) is 10.2 Å². The number of rotatable bonds is 9. The van der Waals surface area contributed by atoms with Crippen LogP contribution in [0.25, 0.3) is 0 Å². The van der Waals surface area contributed by atoms with E-state index in [2.05, 4.69) is 36.1 Å². The van der Waals surface area contributed by atoms with Gasteiger partial charge in [0.05, 0.1) is 35.8 Å². The SMILES string of the molecule is CC(C)(C)CC1CC1(c1ccc(Cl)cc1F)C(c1cccc(Cl)c1F)C(N)C(=O)Nc1cnc(C(O)CO)cn1. The number of nitrogens with one attached hydrogen (secondary N) is 1. The lowest BCUT2D eigenvalue weighted by atomic mass is 9.70. The molecule has 7 nitrogen and oxygen atoms in total. The molecule has 3 aromatic rings. The Balaban J connectivity index is 1.80. The van der Waals surface area contributed by atoms with Crippen LogP contribution in [-0.4, -0.2) is 38.7 Å². The molecule has 0 saturated heterocycles. The number of nitrogens with zero attached hydrogens (tertiary/aromatic N) is 2. The number of halogens is 4. The Labute approximate surface area is 241 Å². The maximum atomic E-state index is 15.7. The van der Waals surface area contributed by atoms with Gasteiger partial charge in [0.2, 0.25) is 5.91 Å². The van der Waals surface area contributed by atoms with Crippen LogP contribution in [0, 0.1) is 23.0 Å². The molecule has 1 fully saturated rings. The summed E-state index contributed by atoms with van der Waals surface area (Å²) in [6.07, 6.45) is 2.33. The second kappa shape index (κ2) is 11.7. The van der Waals surface area contributed by atoms with Crippen LogP contribution in [0.2, 0.25) is 10.0 Å². The van der Waals surface area contributed by atoms with Gasteiger partial charge in [-0.1, -0.05) is 62.2 Å². The normalized spacial score (nSPS) is 21.0. The first-order valence-corrected chi connectivity index (χ1v) is 13.6. The summed E-state index contributed by atoms with van der Waals surface area (Å²) in [5.74, 6) is -3.07. The summed E-state index contributed by atoms with van der Waals surface area (Å²) in [5, 5.41) is 21.5. The van der Waals surface area contributed by atoms with Gasteiger partial charge in [0, 0.05) is 16.4 Å². The van der Waals surface area contributed by atoms with Crippen LogP contribution in [0.4, 0.5) is 14.6 Å². The largest absolute Gasteiger partial charge is 0.393 e. The molecular weight excluding hydrogens is 561 g/mol. The summed E-state index contributed by atoms with van der Waals surface area (Å²) < 4.78 is 31.2. The van der Waals surface area contributed by atoms with Gasteiger partial charge in [-0.15, -0.1) is 0 Å². The molecule has 1 saturated carbocycles. The molecule has 1 amide bonds. The molecule has 5 atom stereocenters. The van der Waals surface area contributed by atoms with E-state index in [4.69, 9.17) is 34.0 Å². The van der Waals surface area contributed by atoms with Crippen LogP contribution in [0.3, 0.4) is 0 Å². The molecule has 5 unspecified atom stereocenters. The lowest BCUT2D eigenvalue weighted by Gasteiger charge is -2.35. The predicted octanol–water partition coefficient (Wildman–Crippen LogP) is 5.53. The average Bonchev–Trinajstić information content (AvgIpc) is 3.57. The van der Waals surface area contributed by atoms with Crippen molar-refractivity contribution in [1.29, 1.82) is 0 Å². The maximum Gasteiger partial charge on any atom is 0.243 e. The Morgan fingerprint density at radius 3 is 2.52 bits per heavy atom. The number of benzene rings is 2. The molecule has 1 aliphatic carbocycles. The Hall–Kier alpha value is -2.69. The van der Waals surface area contributed by atoms with Crippen LogP contribution < -0.4 is 11.1 Å². The fraction of sp³-hybridized carbons (Fsp3) is 0.414. The number of aliphatic hydroxyl groups is 2. The fourth-order valence-electron chi connectivity index (χ4n) is 5.67. The summed E-state index contributed by atoms with van der Waals surface area (Å²) in [7, 11) is 0. The monoisotopic (exact) mass is 592 g/mol. The molecule has 2 aromatic carbocycles. The molecular formula is C29H32Cl2F2N4O3. The van der Waals surface area contributed by atoms with Crippen molar-refractivity contribution < 1.29 is 23.8 Å². The number of hydrogen-bond acceptors (Lipinski definition) is 6. The van der Waals surface area contributed by atoms with Crippen LogP contribution in [0.1, 0.15) is 62.5 Å². The zero-order valence-corrected chi connectivity index (χ0v) is 23.8. The van der Waals surface area contributed by atoms with Gasteiger partial charge in [-0.2, -0.15) is 0 Å². The Bertz CT molecular complexity index is 1390. The van der Waals surface area contributed by atoms with Crippen LogP contribution in [0.15, 0.2) is 48.8 Å². The Kier molecular flexibility index (Phi) is 8.82. The van der Waals surface area contributed by atoms with E-state index in [0.29, 0.717) is 18.4 Å². The number of hydrogen-bond donors (Lipinski definition) is 4. The number of amides is 1. The van der Waals surface area contributed by atoms with Gasteiger partial charge in [0.1, 0.15) is 17.7 Å². The minimum Gasteiger partial charge on any atom is -0.393 e. The Morgan fingerprint density at radius 1 is 1.20 bits per heavy atom. The third-order valence-electron chi connectivity index (χ3n) is 7.41. The summed E-state index contributed by atoms with van der Waals surface area (Å²) in [4.78, 5) is 21.6. The van der Waals surface area contributed by atoms with E-state index >= 15 is 8.78 Å². The molecule has 1 heterocycles. The molecule has 1 aromatic heterocycles. The summed E-state index contributed by atoms with van der Waals surface area (Å²) >= 11 is 12.2. The molecule has 214 valence electrons. The molecule has 0 spiro atoms. The second-order valence-corrected chi connectivity index (χ2v) is 12.3. The number of aromatic nitrogens is 2. The van der Waals surface area contributed by atoms with Crippen LogP contribution >= 0.6 is 23.2 Å². The highest BCUT2D eigenvalue weighted by molar-refractivity contribution is 6.31. The van der Waals surface area contributed by atoms with E-state index in [9.17, 15) is 9.90 Å². The van der Waals surface area contributed by atoms with E-state index in [0.717, 1.165) is 0 Å². The number of aliphatic hydroxyl groups excluding tert-OH is 2. The van der Waals surface area contributed by atoms with Gasteiger partial charge >= 0.3 is 0 Å². The third-order valence-corrected chi connectivity index (χ3v) is 7.94. The van der Waals surface area contributed by atoms with Gasteiger partial charge < -0.3 is 21.3 Å². The van der Waals surface area contributed by atoms with Crippen molar-refractivity contribution in [2.75, 3.05) is 11.9 Å². The highest BCUT2D eigenvalue weighted by Crippen LogP contribution is 2.66. The molecule has 1 aliphatic rings. The number of carbonyl (C=O) groups is 1. The zero-order chi connectivity index (χ0) is 29.4. The number of anilines is 1. The first kappa shape index (κ1) is 30.3. The standard InChI is InChI=1S/C29H32Cl2F2N4O3/c1-28(2,3)10-15-11-29(15,18-8-7-16(30)9-20(18)32)24(17-5-4-6-19(31)25(17)33)26(34)27(40)37-23-13-35-21(12-36-23)22(39)14-38/h4-9,12-13,15,22,24,26,38-39H,10-11,14,34H2,1-3H3,(H,36,37,40). The Morgan fingerprint density at radius 2 is 1.93 bits per heavy atom. The smallest absolute Gasteiger partial charge is 0.243 e. The lowest BCUT2D eigenvalue weighted by molar-refractivity contribution is -0.118. The molecule has 0 bridgehead atoms. The van der Waals surface area contributed by atoms with E-state index in [-0.39, 0.29) is 38.5 Å². The van der Waals surface area contributed by atoms with E-state index in [1.165, 1.54) is 30.6 Å². The highest BCUT2D eigenvalue weighted by Gasteiger charge is 2.64. The van der Waals surface area contributed by atoms with Crippen molar-refractivity contribution in [2.24, 2.45) is 17.1 Å². The van der Waals surface area contributed by atoms with Crippen LogP contribution in [0.5, 0.6) is 0 Å². The van der Waals surface area contributed by atoms with Gasteiger partial charge in [-0.05, 0) is 53.5 Å². The summed E-state index contributed by atoms with van der Waals surface area (Å²) in [6, 6.07) is 7.50. The third kappa shape index (κ3) is 6.14. The van der Waals surface area contributed by atoms with Crippen molar-refractivity contribution >= 4 is 34.9 Å². The molecule has 11 heteroatoms. The van der Waals surface area contributed by atoms with Crippen molar-refractivity contribution in [3.63, 3.8) is 0 Å². The topological polar surface area (TPSA) is 121 Å². The van der Waals surface area contributed by atoms with Crippen molar-refractivity contribution in [2.45, 2.75) is 57.1 Å². The first-order valence-electron chi connectivity index (χ1n) is 12.8. The average molecular weight is 594 g/mol. The maximum absolute atomic E-state index is 15.7. The lowest BCUT2D eigenvalue weighted by Crippen LogP contribution is -2.46. The summed E-state index contributed by atoms with van der Waals surface area (Å²) in [6.45, 7) is 5.64. The number of nitrogens with two attached hydrogens (primary N) is 1. The minimum atomic E-state index is -1.35. The predicted molar refractivity (Wildman–Crippen MR) is 150 cm³/mol.